The molecular formula is C23H46O3. The summed E-state index contributed by atoms with van der Waals surface area (Å²) in [4.78, 5) is 11.0. The highest BCUT2D eigenvalue weighted by Crippen LogP contribution is 2.15. The van der Waals surface area contributed by atoms with Gasteiger partial charge in [-0.25, -0.2) is 0 Å². The summed E-state index contributed by atoms with van der Waals surface area (Å²) >= 11 is 0. The molecule has 0 rings (SSSR count). The first kappa shape index (κ1) is 25.4. The average Bonchev–Trinajstić information content (AvgIpc) is 2.64. The van der Waals surface area contributed by atoms with Crippen LogP contribution in [-0.4, -0.2) is 24.3 Å². The molecule has 1 unspecified atom stereocenters. The molecule has 1 N–H and O–H groups in total. The van der Waals surface area contributed by atoms with E-state index < -0.39 is 0 Å². The van der Waals surface area contributed by atoms with Crippen LogP contribution in [0.4, 0.5) is 0 Å². The molecule has 0 aliphatic heterocycles. The Morgan fingerprint density at radius 2 is 1.08 bits per heavy atom. The van der Waals surface area contributed by atoms with Crippen LogP contribution in [0.5, 0.6) is 0 Å². The van der Waals surface area contributed by atoms with Crippen LogP contribution in [0.1, 0.15) is 129 Å². The van der Waals surface area contributed by atoms with Crippen LogP contribution in [-0.2, 0) is 9.53 Å². The van der Waals surface area contributed by atoms with Gasteiger partial charge in [-0.3, -0.25) is 4.79 Å². The third kappa shape index (κ3) is 19.8. The molecule has 0 aliphatic carbocycles. The molecular weight excluding hydrogens is 324 g/mol. The van der Waals surface area contributed by atoms with Crippen LogP contribution >= 0.6 is 0 Å². The molecule has 0 spiro atoms. The lowest BCUT2D eigenvalue weighted by molar-refractivity contribution is -0.140. The predicted octanol–water partition coefficient (Wildman–Crippen LogP) is 6.95. The van der Waals surface area contributed by atoms with Gasteiger partial charge in [-0.05, 0) is 19.3 Å². The van der Waals surface area contributed by atoms with E-state index in [0.29, 0.717) is 12.8 Å². The maximum absolute atomic E-state index is 11.0. The minimum atomic E-state index is -0.248. The smallest absolute Gasteiger partial charge is 0.305 e. The molecule has 0 radical (unpaired) electrons. The first-order chi connectivity index (χ1) is 12.7. The molecule has 26 heavy (non-hydrogen) atoms. The van der Waals surface area contributed by atoms with Crippen molar-refractivity contribution >= 4 is 5.97 Å². The largest absolute Gasteiger partial charge is 0.469 e. The first-order valence-corrected chi connectivity index (χ1v) is 11.5. The maximum Gasteiger partial charge on any atom is 0.305 e. The number of methoxy groups -OCH3 is 1. The van der Waals surface area contributed by atoms with Gasteiger partial charge in [-0.15, -0.1) is 0 Å². The van der Waals surface area contributed by atoms with Crippen molar-refractivity contribution in [1.29, 1.82) is 0 Å². The van der Waals surface area contributed by atoms with Gasteiger partial charge in [0.1, 0.15) is 0 Å². The summed E-state index contributed by atoms with van der Waals surface area (Å²) in [6, 6.07) is 0. The second-order valence-electron chi connectivity index (χ2n) is 7.86. The number of hydrogen-bond acceptors (Lipinski definition) is 3. The van der Waals surface area contributed by atoms with Crippen LogP contribution in [0.25, 0.3) is 0 Å². The standard InChI is InChI=1S/C23H46O3/c1-3-4-5-6-7-8-9-10-11-12-13-14-15-16-17-19-22(24)20-18-21-23(25)26-2/h22,24H,3-21H2,1-2H3. The fraction of sp³-hybridized carbons (Fsp3) is 0.957. The van der Waals surface area contributed by atoms with E-state index in [1.54, 1.807) is 0 Å². The van der Waals surface area contributed by atoms with E-state index in [0.717, 1.165) is 19.3 Å². The number of aliphatic hydroxyl groups excluding tert-OH is 1. The van der Waals surface area contributed by atoms with Gasteiger partial charge in [-0.1, -0.05) is 103 Å². The molecule has 156 valence electrons. The van der Waals surface area contributed by atoms with Gasteiger partial charge in [0.2, 0.25) is 0 Å². The summed E-state index contributed by atoms with van der Waals surface area (Å²) in [5, 5.41) is 9.89. The molecule has 0 fully saturated rings. The number of esters is 1. The highest BCUT2D eigenvalue weighted by atomic mass is 16.5. The zero-order valence-electron chi connectivity index (χ0n) is 17.8. The van der Waals surface area contributed by atoms with Crippen LogP contribution in [0.3, 0.4) is 0 Å². The molecule has 3 nitrogen and oxygen atoms in total. The Hall–Kier alpha value is -0.570. The monoisotopic (exact) mass is 370 g/mol. The Bertz CT molecular complexity index is 291. The van der Waals surface area contributed by atoms with Gasteiger partial charge in [-0.2, -0.15) is 0 Å². The fourth-order valence-electron chi connectivity index (χ4n) is 3.48. The summed E-state index contributed by atoms with van der Waals surface area (Å²) in [6.45, 7) is 2.28. The number of ether oxygens (including phenoxy) is 1. The van der Waals surface area contributed by atoms with Crippen LogP contribution < -0.4 is 0 Å². The summed E-state index contributed by atoms with van der Waals surface area (Å²) < 4.78 is 4.60. The third-order valence-electron chi connectivity index (χ3n) is 5.29. The molecule has 0 bridgehead atoms. The zero-order valence-corrected chi connectivity index (χ0v) is 17.8. The van der Waals surface area contributed by atoms with E-state index in [-0.39, 0.29) is 12.1 Å². The van der Waals surface area contributed by atoms with E-state index in [1.807, 2.05) is 0 Å². The predicted molar refractivity (Wildman–Crippen MR) is 111 cm³/mol. The van der Waals surface area contributed by atoms with Crippen molar-refractivity contribution < 1.29 is 14.6 Å². The molecule has 3 heteroatoms. The van der Waals surface area contributed by atoms with Crippen molar-refractivity contribution in [2.75, 3.05) is 7.11 Å². The third-order valence-corrected chi connectivity index (χ3v) is 5.29. The van der Waals surface area contributed by atoms with Gasteiger partial charge < -0.3 is 9.84 Å². The van der Waals surface area contributed by atoms with Crippen molar-refractivity contribution in [3.8, 4) is 0 Å². The Labute approximate surface area is 163 Å². The van der Waals surface area contributed by atoms with Crippen molar-refractivity contribution in [2.24, 2.45) is 0 Å². The second-order valence-corrected chi connectivity index (χ2v) is 7.86. The first-order valence-electron chi connectivity index (χ1n) is 11.5. The molecule has 0 aromatic rings. The number of unbranched alkanes of at least 4 members (excludes halogenated alkanes) is 14. The van der Waals surface area contributed by atoms with Crippen LogP contribution in [0.2, 0.25) is 0 Å². The number of aliphatic hydroxyl groups is 1. The Balaban J connectivity index is 3.13. The average molecular weight is 371 g/mol. The van der Waals surface area contributed by atoms with Gasteiger partial charge in [0.05, 0.1) is 13.2 Å². The second kappa shape index (κ2) is 20.7. The van der Waals surface area contributed by atoms with Crippen molar-refractivity contribution in [2.45, 2.75) is 135 Å². The van der Waals surface area contributed by atoms with Crippen molar-refractivity contribution in [1.82, 2.24) is 0 Å². The van der Waals surface area contributed by atoms with Gasteiger partial charge in [0, 0.05) is 6.42 Å². The molecule has 0 saturated heterocycles. The molecule has 0 amide bonds. The lowest BCUT2D eigenvalue weighted by atomic mass is 10.0. The number of carbonyl (C=O) groups excluding carboxylic acids is 1. The Kier molecular flexibility index (Phi) is 20.3. The van der Waals surface area contributed by atoms with Gasteiger partial charge in [0.25, 0.3) is 0 Å². The number of rotatable bonds is 20. The normalized spacial score (nSPS) is 12.3. The number of carbonyl (C=O) groups is 1. The van der Waals surface area contributed by atoms with Crippen LogP contribution in [0, 0.1) is 0 Å². The van der Waals surface area contributed by atoms with Crippen molar-refractivity contribution in [3.63, 3.8) is 0 Å². The maximum atomic E-state index is 11.0. The SMILES string of the molecule is CCCCCCCCCCCCCCCCCC(O)CCCC(=O)OC. The summed E-state index contributed by atoms with van der Waals surface area (Å²) in [5.74, 6) is -0.177. The molecule has 0 aromatic heterocycles. The fourth-order valence-corrected chi connectivity index (χ4v) is 3.48. The minimum absolute atomic E-state index is 0.177. The molecule has 0 heterocycles. The highest BCUT2D eigenvalue weighted by molar-refractivity contribution is 5.68. The van der Waals surface area contributed by atoms with E-state index >= 15 is 0 Å². The molecule has 0 aliphatic rings. The molecule has 0 aromatic carbocycles. The van der Waals surface area contributed by atoms with E-state index in [4.69, 9.17) is 0 Å². The highest BCUT2D eigenvalue weighted by Gasteiger charge is 2.06. The van der Waals surface area contributed by atoms with Crippen LogP contribution in [0.15, 0.2) is 0 Å². The lowest BCUT2D eigenvalue weighted by Crippen LogP contribution is -2.08. The Morgan fingerprint density at radius 1 is 0.692 bits per heavy atom. The summed E-state index contributed by atoms with van der Waals surface area (Å²) in [7, 11) is 1.41. The van der Waals surface area contributed by atoms with E-state index in [1.165, 1.54) is 97.0 Å². The lowest BCUT2D eigenvalue weighted by Gasteiger charge is -2.09. The van der Waals surface area contributed by atoms with Gasteiger partial charge >= 0.3 is 5.97 Å². The van der Waals surface area contributed by atoms with Gasteiger partial charge in [0.15, 0.2) is 0 Å². The molecule has 0 saturated carbocycles. The Morgan fingerprint density at radius 3 is 1.50 bits per heavy atom. The zero-order chi connectivity index (χ0) is 19.3. The number of hydrogen-bond donors (Lipinski definition) is 1. The summed E-state index contributed by atoms with van der Waals surface area (Å²) in [5.41, 5.74) is 0. The van der Waals surface area contributed by atoms with Crippen molar-refractivity contribution in [3.05, 3.63) is 0 Å². The quantitative estimate of drug-likeness (QED) is 0.186. The minimum Gasteiger partial charge on any atom is -0.469 e. The summed E-state index contributed by atoms with van der Waals surface area (Å²) in [6.07, 6.45) is 23.0. The molecule has 1 atom stereocenters. The van der Waals surface area contributed by atoms with E-state index in [9.17, 15) is 9.90 Å². The topological polar surface area (TPSA) is 46.5 Å². The van der Waals surface area contributed by atoms with E-state index in [2.05, 4.69) is 11.7 Å².